The summed E-state index contributed by atoms with van der Waals surface area (Å²) in [5.41, 5.74) is 5.26. The lowest BCUT2D eigenvalue weighted by molar-refractivity contribution is -0.298. The number of aliphatic carboxylic acids is 1. The Balaban J connectivity index is 1.78. The first-order chi connectivity index (χ1) is 12.6. The van der Waals surface area contributed by atoms with Crippen molar-refractivity contribution >= 4 is 23.4 Å². The van der Waals surface area contributed by atoms with E-state index in [2.05, 4.69) is 36.1 Å². The Morgan fingerprint density at radius 1 is 1.23 bits per heavy atom. The maximum absolute atomic E-state index is 11.0. The molecular formula is C22H19N2O2-. The maximum Gasteiger partial charge on any atom is 0.101 e. The van der Waals surface area contributed by atoms with Crippen LogP contribution in [0.25, 0.3) is 6.08 Å². The van der Waals surface area contributed by atoms with Crippen molar-refractivity contribution in [2.45, 2.75) is 38.1 Å². The molecule has 1 saturated carbocycles. The van der Waals surface area contributed by atoms with Crippen molar-refractivity contribution in [3.05, 3.63) is 64.7 Å². The molecule has 2 aromatic rings. The summed E-state index contributed by atoms with van der Waals surface area (Å²) in [6, 6.07) is 16.7. The van der Waals surface area contributed by atoms with Gasteiger partial charge in [-0.15, -0.1) is 0 Å². The quantitative estimate of drug-likeness (QED) is 0.632. The molecule has 0 bridgehead atoms. The van der Waals surface area contributed by atoms with Gasteiger partial charge in [0, 0.05) is 23.3 Å². The topological polar surface area (TPSA) is 67.2 Å². The van der Waals surface area contributed by atoms with Gasteiger partial charge in [0.05, 0.1) is 11.5 Å². The zero-order chi connectivity index (χ0) is 18.3. The largest absolute Gasteiger partial charge is 0.544 e. The third-order valence-corrected chi connectivity index (χ3v) is 5.49. The number of benzene rings is 2. The number of carboxylic acid groups (broad SMARTS) is 1. The second kappa shape index (κ2) is 6.34. The van der Waals surface area contributed by atoms with Gasteiger partial charge in [-0.3, -0.25) is 0 Å². The molecule has 1 fully saturated rings. The molecule has 130 valence electrons. The molecule has 1 aliphatic heterocycles. The SMILES string of the molecule is Cc1ccc(N2c3ccc(/C=C(/C#N)C(=O)[O-])cc3C3CCCC32)cc1. The fourth-order valence-corrected chi connectivity index (χ4v) is 4.31. The van der Waals surface area contributed by atoms with Crippen molar-refractivity contribution in [3.8, 4) is 6.07 Å². The third kappa shape index (κ3) is 2.66. The van der Waals surface area contributed by atoms with Crippen LogP contribution in [0.4, 0.5) is 11.4 Å². The van der Waals surface area contributed by atoms with Crippen LogP contribution in [0.15, 0.2) is 48.0 Å². The van der Waals surface area contributed by atoms with E-state index in [0.29, 0.717) is 12.0 Å². The van der Waals surface area contributed by atoms with E-state index < -0.39 is 5.97 Å². The number of aryl methyl sites for hydroxylation is 1. The van der Waals surface area contributed by atoms with Crippen molar-refractivity contribution in [2.24, 2.45) is 0 Å². The summed E-state index contributed by atoms with van der Waals surface area (Å²) in [5, 5.41) is 20.0. The van der Waals surface area contributed by atoms with E-state index in [1.54, 1.807) is 6.07 Å². The summed E-state index contributed by atoms with van der Waals surface area (Å²) < 4.78 is 0. The third-order valence-electron chi connectivity index (χ3n) is 5.49. The van der Waals surface area contributed by atoms with Crippen LogP contribution in [0.1, 0.15) is 41.9 Å². The average molecular weight is 343 g/mol. The Morgan fingerprint density at radius 2 is 2.00 bits per heavy atom. The molecular weight excluding hydrogens is 324 g/mol. The first-order valence-corrected chi connectivity index (χ1v) is 8.91. The standard InChI is InChI=1S/C22H20N2O2/c1-14-5-8-17(9-6-14)24-20-4-2-3-18(20)19-12-15(7-10-21(19)24)11-16(13-23)22(25)26/h5-12,18,20H,2-4H2,1H3,(H,25,26)/p-1/b16-11-. The summed E-state index contributed by atoms with van der Waals surface area (Å²) >= 11 is 0. The first kappa shape index (κ1) is 16.4. The summed E-state index contributed by atoms with van der Waals surface area (Å²) in [7, 11) is 0. The summed E-state index contributed by atoms with van der Waals surface area (Å²) in [4.78, 5) is 13.4. The fraction of sp³-hybridized carbons (Fsp3) is 0.273. The van der Waals surface area contributed by atoms with E-state index in [4.69, 9.17) is 5.26 Å². The maximum atomic E-state index is 11.0. The van der Waals surface area contributed by atoms with Gasteiger partial charge >= 0.3 is 0 Å². The molecule has 0 N–H and O–H groups in total. The molecule has 4 rings (SSSR count). The van der Waals surface area contributed by atoms with Crippen LogP contribution in [0.5, 0.6) is 0 Å². The lowest BCUT2D eigenvalue weighted by Gasteiger charge is -2.27. The number of hydrogen-bond donors (Lipinski definition) is 0. The second-order valence-corrected chi connectivity index (χ2v) is 7.09. The Labute approximate surface area is 153 Å². The molecule has 0 saturated heterocycles. The van der Waals surface area contributed by atoms with Crippen LogP contribution >= 0.6 is 0 Å². The minimum atomic E-state index is -1.44. The Bertz CT molecular complexity index is 938. The molecule has 0 spiro atoms. The number of carbonyl (C=O) groups excluding carboxylic acids is 1. The molecule has 1 aliphatic carbocycles. The number of anilines is 2. The molecule has 2 aliphatic rings. The predicted octanol–water partition coefficient (Wildman–Crippen LogP) is 3.44. The molecule has 26 heavy (non-hydrogen) atoms. The zero-order valence-corrected chi connectivity index (χ0v) is 14.6. The Kier molecular flexibility index (Phi) is 4.00. The van der Waals surface area contributed by atoms with Crippen molar-refractivity contribution in [2.75, 3.05) is 4.90 Å². The minimum absolute atomic E-state index is 0.346. The number of nitrogens with zero attached hydrogens (tertiary/aromatic N) is 2. The first-order valence-electron chi connectivity index (χ1n) is 8.91. The van der Waals surface area contributed by atoms with Gasteiger partial charge in [0.2, 0.25) is 0 Å². The summed E-state index contributed by atoms with van der Waals surface area (Å²) in [6.45, 7) is 2.09. The number of nitriles is 1. The van der Waals surface area contributed by atoms with E-state index in [-0.39, 0.29) is 5.57 Å². The molecule has 2 atom stereocenters. The minimum Gasteiger partial charge on any atom is -0.544 e. The smallest absolute Gasteiger partial charge is 0.101 e. The van der Waals surface area contributed by atoms with Crippen LogP contribution in [-0.2, 0) is 4.79 Å². The normalized spacial score (nSPS) is 21.2. The predicted molar refractivity (Wildman–Crippen MR) is 98.7 cm³/mol. The number of hydrogen-bond acceptors (Lipinski definition) is 4. The van der Waals surface area contributed by atoms with Crippen LogP contribution in [-0.4, -0.2) is 12.0 Å². The Morgan fingerprint density at radius 3 is 2.69 bits per heavy atom. The molecule has 0 aromatic heterocycles. The fourth-order valence-electron chi connectivity index (χ4n) is 4.31. The lowest BCUT2D eigenvalue weighted by Crippen LogP contribution is -2.26. The molecule has 4 nitrogen and oxygen atoms in total. The molecule has 4 heteroatoms. The number of carbonyl (C=O) groups is 1. The highest BCUT2D eigenvalue weighted by Gasteiger charge is 2.41. The van der Waals surface area contributed by atoms with E-state index >= 15 is 0 Å². The van der Waals surface area contributed by atoms with E-state index in [1.807, 2.05) is 18.2 Å². The highest BCUT2D eigenvalue weighted by Crippen LogP contribution is 2.52. The van der Waals surface area contributed by atoms with Gasteiger partial charge in [-0.05, 0) is 61.2 Å². The van der Waals surface area contributed by atoms with Gasteiger partial charge in [-0.1, -0.05) is 30.2 Å². The molecule has 0 amide bonds. The summed E-state index contributed by atoms with van der Waals surface area (Å²) in [5.74, 6) is -0.985. The summed E-state index contributed by atoms with van der Waals surface area (Å²) in [6.07, 6.45) is 4.88. The highest BCUT2D eigenvalue weighted by molar-refractivity contribution is 5.95. The van der Waals surface area contributed by atoms with Crippen LogP contribution in [0.2, 0.25) is 0 Å². The van der Waals surface area contributed by atoms with Crippen molar-refractivity contribution in [1.29, 1.82) is 5.26 Å². The molecule has 2 aromatic carbocycles. The van der Waals surface area contributed by atoms with E-state index in [0.717, 1.165) is 18.4 Å². The van der Waals surface area contributed by atoms with Gasteiger partial charge in [0.1, 0.15) is 6.07 Å². The number of carboxylic acids is 1. The van der Waals surface area contributed by atoms with Crippen molar-refractivity contribution < 1.29 is 9.90 Å². The highest BCUT2D eigenvalue weighted by atomic mass is 16.4. The molecule has 1 heterocycles. The van der Waals surface area contributed by atoms with Crippen molar-refractivity contribution in [3.63, 3.8) is 0 Å². The van der Waals surface area contributed by atoms with Crippen LogP contribution in [0.3, 0.4) is 0 Å². The zero-order valence-electron chi connectivity index (χ0n) is 14.6. The van der Waals surface area contributed by atoms with Crippen LogP contribution in [0, 0.1) is 18.3 Å². The van der Waals surface area contributed by atoms with Crippen LogP contribution < -0.4 is 10.0 Å². The van der Waals surface area contributed by atoms with Gasteiger partial charge < -0.3 is 14.8 Å². The number of fused-ring (bicyclic) bond motifs is 3. The van der Waals surface area contributed by atoms with Crippen molar-refractivity contribution in [1.82, 2.24) is 0 Å². The monoisotopic (exact) mass is 343 g/mol. The molecule has 2 unspecified atom stereocenters. The van der Waals surface area contributed by atoms with Gasteiger partial charge in [-0.2, -0.15) is 5.26 Å². The second-order valence-electron chi connectivity index (χ2n) is 7.09. The van der Waals surface area contributed by atoms with Gasteiger partial charge in [-0.25, -0.2) is 0 Å². The van der Waals surface area contributed by atoms with E-state index in [9.17, 15) is 9.90 Å². The Hall–Kier alpha value is -3.06. The van der Waals surface area contributed by atoms with Gasteiger partial charge in [0.25, 0.3) is 0 Å². The molecule has 0 radical (unpaired) electrons. The lowest BCUT2D eigenvalue weighted by atomic mass is 9.95. The average Bonchev–Trinajstić information content (AvgIpc) is 3.21. The number of rotatable bonds is 3. The van der Waals surface area contributed by atoms with Gasteiger partial charge in [0.15, 0.2) is 0 Å². The van der Waals surface area contributed by atoms with E-state index in [1.165, 1.54) is 35.0 Å².